The summed E-state index contributed by atoms with van der Waals surface area (Å²) < 4.78 is 10.8. The number of aromatic nitrogens is 3. The Labute approximate surface area is 155 Å². The van der Waals surface area contributed by atoms with Crippen LogP contribution in [-0.4, -0.2) is 39.4 Å². The summed E-state index contributed by atoms with van der Waals surface area (Å²) in [7, 11) is 0. The second kappa shape index (κ2) is 6.98. The highest BCUT2D eigenvalue weighted by Crippen LogP contribution is 2.35. The first-order valence-corrected chi connectivity index (χ1v) is 8.74. The molecule has 0 saturated carbocycles. The quantitative estimate of drug-likeness (QED) is 0.652. The van der Waals surface area contributed by atoms with Gasteiger partial charge in [0.15, 0.2) is 5.82 Å². The molecule has 0 unspecified atom stereocenters. The Morgan fingerprint density at radius 1 is 1.30 bits per heavy atom. The molecule has 8 nitrogen and oxygen atoms in total. The van der Waals surface area contributed by atoms with Crippen molar-refractivity contribution in [1.29, 1.82) is 0 Å². The van der Waals surface area contributed by atoms with Gasteiger partial charge in [0.25, 0.3) is 5.91 Å². The molecule has 0 spiro atoms. The molecule has 0 aliphatic carbocycles. The van der Waals surface area contributed by atoms with Gasteiger partial charge >= 0.3 is 0 Å². The number of furan rings is 1. The number of nitrogens with zero attached hydrogens (tertiary/aromatic N) is 2. The predicted molar refractivity (Wildman–Crippen MR) is 97.2 cm³/mol. The van der Waals surface area contributed by atoms with Crippen molar-refractivity contribution >= 4 is 11.6 Å². The van der Waals surface area contributed by atoms with Gasteiger partial charge in [-0.2, -0.15) is 5.10 Å². The minimum Gasteiger partial charge on any atom is -0.465 e. The Balaban J connectivity index is 1.56. The Morgan fingerprint density at radius 2 is 2.11 bits per heavy atom. The molecule has 3 heterocycles. The van der Waals surface area contributed by atoms with Gasteiger partial charge in [0.05, 0.1) is 11.8 Å². The monoisotopic (exact) mass is 368 g/mol. The maximum Gasteiger partial charge on any atom is 0.259 e. The van der Waals surface area contributed by atoms with Crippen molar-refractivity contribution in [3.8, 4) is 11.4 Å². The lowest BCUT2D eigenvalue weighted by atomic mass is 9.89. The Bertz CT molecular complexity index is 956. The number of amides is 1. The fourth-order valence-electron chi connectivity index (χ4n) is 3.19. The first kappa shape index (κ1) is 17.4. The van der Waals surface area contributed by atoms with Crippen LogP contribution in [0.15, 0.2) is 41.0 Å². The number of aryl methyl sites for hydroxylation is 1. The van der Waals surface area contributed by atoms with E-state index in [1.807, 2.05) is 19.1 Å². The van der Waals surface area contributed by atoms with E-state index in [2.05, 4.69) is 20.5 Å². The number of hydrogen-bond donors (Lipinski definition) is 3. The van der Waals surface area contributed by atoms with E-state index in [0.717, 1.165) is 5.56 Å². The molecule has 140 valence electrons. The van der Waals surface area contributed by atoms with E-state index in [-0.39, 0.29) is 11.7 Å². The van der Waals surface area contributed by atoms with Gasteiger partial charge in [-0.1, -0.05) is 12.1 Å². The fraction of sp³-hybridized carbons (Fsp3) is 0.316. The zero-order chi connectivity index (χ0) is 18.9. The molecule has 2 aromatic heterocycles. The maximum atomic E-state index is 12.8. The minimum absolute atomic E-state index is 0.282. The molecule has 4 rings (SSSR count). The number of benzene rings is 1. The van der Waals surface area contributed by atoms with Crippen molar-refractivity contribution in [2.24, 2.45) is 0 Å². The van der Waals surface area contributed by atoms with Gasteiger partial charge in [0, 0.05) is 37.3 Å². The zero-order valence-corrected chi connectivity index (χ0v) is 14.9. The number of H-pyrrole nitrogens is 1. The molecule has 0 atom stereocenters. The van der Waals surface area contributed by atoms with Crippen LogP contribution in [0.1, 0.15) is 34.8 Å². The molecule has 0 bridgehead atoms. The molecular formula is C19H20N4O4. The van der Waals surface area contributed by atoms with Crippen LogP contribution < -0.4 is 5.32 Å². The Kier molecular flexibility index (Phi) is 4.51. The average molecular weight is 368 g/mol. The van der Waals surface area contributed by atoms with Gasteiger partial charge in [-0.25, -0.2) is 4.98 Å². The summed E-state index contributed by atoms with van der Waals surface area (Å²) in [6, 6.07) is 8.83. The number of ether oxygens (including phenoxy) is 1. The van der Waals surface area contributed by atoms with Crippen molar-refractivity contribution in [2.75, 3.05) is 18.5 Å². The van der Waals surface area contributed by atoms with E-state index in [1.54, 1.807) is 18.2 Å². The van der Waals surface area contributed by atoms with Gasteiger partial charge in [0.2, 0.25) is 0 Å². The van der Waals surface area contributed by atoms with E-state index in [0.29, 0.717) is 49.0 Å². The number of anilines is 1. The standard InChI is InChI=1S/C19H20N4O4/c1-12-20-17(23-22-12)13-3-2-4-14(11-13)21-18(24)15-5-8-27-16(15)19(25)6-9-26-10-7-19/h2-5,8,11,25H,6-7,9-10H2,1H3,(H,21,24)(H,20,22,23). The number of carbonyl (C=O) groups is 1. The van der Waals surface area contributed by atoms with Crippen LogP contribution in [0.25, 0.3) is 11.4 Å². The van der Waals surface area contributed by atoms with Gasteiger partial charge in [-0.15, -0.1) is 0 Å². The molecule has 3 N–H and O–H groups in total. The minimum atomic E-state index is -1.19. The van der Waals surface area contributed by atoms with Crippen molar-refractivity contribution in [2.45, 2.75) is 25.4 Å². The van der Waals surface area contributed by atoms with E-state index >= 15 is 0 Å². The summed E-state index contributed by atoms with van der Waals surface area (Å²) in [5, 5.41) is 20.6. The summed E-state index contributed by atoms with van der Waals surface area (Å²) in [5.41, 5.74) is 0.518. The first-order valence-electron chi connectivity index (χ1n) is 8.74. The number of aromatic amines is 1. The molecule has 1 amide bonds. The predicted octanol–water partition coefficient (Wildman–Crippen LogP) is 2.62. The molecule has 1 fully saturated rings. The van der Waals surface area contributed by atoms with Crippen molar-refractivity contribution in [3.63, 3.8) is 0 Å². The largest absolute Gasteiger partial charge is 0.465 e. The highest BCUT2D eigenvalue weighted by molar-refractivity contribution is 6.05. The molecule has 1 aromatic carbocycles. The van der Waals surface area contributed by atoms with E-state index in [4.69, 9.17) is 9.15 Å². The van der Waals surface area contributed by atoms with Crippen LogP contribution in [0, 0.1) is 6.92 Å². The van der Waals surface area contributed by atoms with Crippen LogP contribution in [0.3, 0.4) is 0 Å². The summed E-state index contributed by atoms with van der Waals surface area (Å²) >= 11 is 0. The van der Waals surface area contributed by atoms with E-state index in [1.165, 1.54) is 6.26 Å². The Hall–Kier alpha value is -2.97. The summed E-state index contributed by atoms with van der Waals surface area (Å²) in [6.45, 7) is 2.68. The fourth-order valence-corrected chi connectivity index (χ4v) is 3.19. The molecule has 27 heavy (non-hydrogen) atoms. The second-order valence-electron chi connectivity index (χ2n) is 6.59. The maximum absolute atomic E-state index is 12.8. The first-order chi connectivity index (χ1) is 13.0. The molecular weight excluding hydrogens is 348 g/mol. The number of carbonyl (C=O) groups excluding carboxylic acids is 1. The molecule has 8 heteroatoms. The third kappa shape index (κ3) is 3.49. The summed E-state index contributed by atoms with van der Waals surface area (Å²) in [4.78, 5) is 17.1. The highest BCUT2D eigenvalue weighted by Gasteiger charge is 2.38. The smallest absolute Gasteiger partial charge is 0.259 e. The van der Waals surface area contributed by atoms with Gasteiger partial charge < -0.3 is 19.6 Å². The molecule has 1 aliphatic rings. The number of aliphatic hydroxyl groups is 1. The number of hydrogen-bond acceptors (Lipinski definition) is 6. The lowest BCUT2D eigenvalue weighted by Crippen LogP contribution is -2.34. The van der Waals surface area contributed by atoms with Crippen LogP contribution in [-0.2, 0) is 10.3 Å². The summed E-state index contributed by atoms with van der Waals surface area (Å²) in [5.74, 6) is 1.21. The van der Waals surface area contributed by atoms with Gasteiger partial charge in [0.1, 0.15) is 17.2 Å². The second-order valence-corrected chi connectivity index (χ2v) is 6.59. The van der Waals surface area contributed by atoms with Gasteiger partial charge in [-0.3, -0.25) is 9.89 Å². The SMILES string of the molecule is Cc1nc(-c2cccc(NC(=O)c3ccoc3C3(O)CCOCC3)c2)n[nH]1. The topological polar surface area (TPSA) is 113 Å². The van der Waals surface area contributed by atoms with E-state index in [9.17, 15) is 9.90 Å². The van der Waals surface area contributed by atoms with E-state index < -0.39 is 5.60 Å². The van der Waals surface area contributed by atoms with Crippen LogP contribution in [0.2, 0.25) is 0 Å². The lowest BCUT2D eigenvalue weighted by Gasteiger charge is -2.30. The lowest BCUT2D eigenvalue weighted by molar-refractivity contribution is -0.0803. The summed E-state index contributed by atoms with van der Waals surface area (Å²) in [6.07, 6.45) is 2.20. The molecule has 1 saturated heterocycles. The van der Waals surface area contributed by atoms with Crippen LogP contribution >= 0.6 is 0 Å². The third-order valence-corrected chi connectivity index (χ3v) is 4.63. The molecule has 0 radical (unpaired) electrons. The Morgan fingerprint density at radius 3 is 2.85 bits per heavy atom. The zero-order valence-electron chi connectivity index (χ0n) is 14.9. The number of rotatable bonds is 4. The van der Waals surface area contributed by atoms with Crippen LogP contribution in [0.5, 0.6) is 0 Å². The van der Waals surface area contributed by atoms with Crippen molar-refractivity contribution < 1.29 is 19.1 Å². The molecule has 1 aliphatic heterocycles. The van der Waals surface area contributed by atoms with Crippen molar-refractivity contribution in [3.05, 3.63) is 53.7 Å². The normalized spacial score (nSPS) is 16.2. The van der Waals surface area contributed by atoms with Crippen molar-refractivity contribution in [1.82, 2.24) is 15.2 Å². The molecule has 3 aromatic rings. The highest BCUT2D eigenvalue weighted by atomic mass is 16.5. The number of nitrogens with one attached hydrogen (secondary N) is 2. The average Bonchev–Trinajstić information content (AvgIpc) is 3.32. The van der Waals surface area contributed by atoms with Gasteiger partial charge in [-0.05, 0) is 25.1 Å². The third-order valence-electron chi connectivity index (χ3n) is 4.63. The van der Waals surface area contributed by atoms with Crippen LogP contribution in [0.4, 0.5) is 5.69 Å².